The molecule has 0 spiro atoms. The van der Waals surface area contributed by atoms with Gasteiger partial charge in [0.2, 0.25) is 0 Å². The van der Waals surface area contributed by atoms with Crippen molar-refractivity contribution in [2.75, 3.05) is 12.3 Å². The molecule has 4 atom stereocenters. The molecule has 0 bridgehead atoms. The number of ether oxygens (including phenoxy) is 1. The highest BCUT2D eigenvalue weighted by Crippen LogP contribution is 2.31. The minimum Gasteiger partial charge on any atom is -0.394 e. The minimum absolute atomic E-state index is 0. The summed E-state index contributed by atoms with van der Waals surface area (Å²) in [6.07, 6.45) is -3.32. The molecule has 0 saturated carbocycles. The zero-order valence-electron chi connectivity index (χ0n) is 9.18. The molecular weight excluding hydrogens is 266 g/mol. The summed E-state index contributed by atoms with van der Waals surface area (Å²) in [5.74, 6) is -0.0505. The van der Waals surface area contributed by atoms with Gasteiger partial charge in [0.15, 0.2) is 5.95 Å². The Morgan fingerprint density at radius 2 is 2.11 bits per heavy atom. The molecule has 102 valence electrons. The van der Waals surface area contributed by atoms with Crippen LogP contribution in [0, 0.1) is 0 Å². The summed E-state index contributed by atoms with van der Waals surface area (Å²) in [5, 5.41) is 28.2. The van der Waals surface area contributed by atoms with E-state index in [9.17, 15) is 15.0 Å². The number of nitrogens with zero attached hydrogens (tertiary/aromatic N) is 1. The maximum absolute atomic E-state index is 11.6. The number of hydrogen-bond acceptors (Lipinski definition) is 7. The SMILES string of the molecule is Cl.Nc1ncc([C@@H]2O[C@H](CO)[C@@H](O)[C@H]2O)c(=O)[nH]1. The van der Waals surface area contributed by atoms with E-state index >= 15 is 0 Å². The van der Waals surface area contributed by atoms with Gasteiger partial charge in [-0.1, -0.05) is 0 Å². The third-order valence-corrected chi connectivity index (χ3v) is 2.70. The second-order valence-corrected chi connectivity index (χ2v) is 3.81. The Labute approximate surface area is 108 Å². The second kappa shape index (κ2) is 5.63. The molecule has 0 aromatic carbocycles. The number of H-pyrrole nitrogens is 1. The Morgan fingerprint density at radius 1 is 1.44 bits per heavy atom. The highest BCUT2D eigenvalue weighted by atomic mass is 35.5. The first-order chi connectivity index (χ1) is 8.04. The van der Waals surface area contributed by atoms with Crippen molar-refractivity contribution in [2.45, 2.75) is 24.4 Å². The molecule has 0 amide bonds. The summed E-state index contributed by atoms with van der Waals surface area (Å²) < 4.78 is 5.19. The van der Waals surface area contributed by atoms with Gasteiger partial charge in [-0.25, -0.2) is 4.98 Å². The van der Waals surface area contributed by atoms with Crippen molar-refractivity contribution in [2.24, 2.45) is 0 Å². The number of aliphatic hydroxyl groups excluding tert-OH is 3. The predicted octanol–water partition coefficient (Wildman–Crippen LogP) is -2.07. The minimum atomic E-state index is -1.29. The van der Waals surface area contributed by atoms with E-state index in [0.717, 1.165) is 0 Å². The van der Waals surface area contributed by atoms with Crippen molar-refractivity contribution in [1.29, 1.82) is 0 Å². The van der Waals surface area contributed by atoms with E-state index < -0.39 is 36.6 Å². The summed E-state index contributed by atoms with van der Waals surface area (Å²) in [4.78, 5) is 17.5. The van der Waals surface area contributed by atoms with Gasteiger partial charge in [-0.15, -0.1) is 12.4 Å². The molecule has 1 aromatic heterocycles. The van der Waals surface area contributed by atoms with Crippen LogP contribution in [-0.2, 0) is 4.74 Å². The Morgan fingerprint density at radius 3 is 2.61 bits per heavy atom. The fourth-order valence-corrected chi connectivity index (χ4v) is 1.78. The largest absolute Gasteiger partial charge is 0.394 e. The fraction of sp³-hybridized carbons (Fsp3) is 0.556. The van der Waals surface area contributed by atoms with Gasteiger partial charge >= 0.3 is 0 Å². The molecule has 6 N–H and O–H groups in total. The summed E-state index contributed by atoms with van der Waals surface area (Å²) in [6, 6.07) is 0. The molecule has 0 aliphatic carbocycles. The van der Waals surface area contributed by atoms with Gasteiger partial charge in [0, 0.05) is 6.20 Å². The molecule has 2 rings (SSSR count). The van der Waals surface area contributed by atoms with Crippen LogP contribution in [0.4, 0.5) is 5.95 Å². The van der Waals surface area contributed by atoms with Crippen LogP contribution in [0.3, 0.4) is 0 Å². The lowest BCUT2D eigenvalue weighted by Gasteiger charge is -2.13. The molecule has 2 heterocycles. The molecule has 1 saturated heterocycles. The number of hydrogen-bond donors (Lipinski definition) is 5. The lowest BCUT2D eigenvalue weighted by atomic mass is 10.0. The molecular formula is C9H14ClN3O5. The average Bonchev–Trinajstić information content (AvgIpc) is 2.57. The smallest absolute Gasteiger partial charge is 0.258 e. The maximum atomic E-state index is 11.6. The summed E-state index contributed by atoms with van der Waals surface area (Å²) in [6.45, 7) is -0.449. The Balaban J connectivity index is 0.00000162. The lowest BCUT2D eigenvalue weighted by Crippen LogP contribution is -2.33. The van der Waals surface area contributed by atoms with Crippen LogP contribution in [0.5, 0.6) is 0 Å². The van der Waals surface area contributed by atoms with E-state index in [1.54, 1.807) is 0 Å². The number of nitrogens with two attached hydrogens (primary N) is 1. The number of rotatable bonds is 2. The average molecular weight is 280 g/mol. The van der Waals surface area contributed by atoms with Crippen molar-refractivity contribution >= 4 is 18.4 Å². The van der Waals surface area contributed by atoms with Crippen LogP contribution >= 0.6 is 12.4 Å². The van der Waals surface area contributed by atoms with Gasteiger partial charge in [-0.3, -0.25) is 9.78 Å². The topological polar surface area (TPSA) is 142 Å². The molecule has 9 heteroatoms. The Bertz CT molecular complexity index is 468. The van der Waals surface area contributed by atoms with Gasteiger partial charge < -0.3 is 25.8 Å². The van der Waals surface area contributed by atoms with Crippen LogP contribution in [0.1, 0.15) is 11.7 Å². The van der Waals surface area contributed by atoms with E-state index in [1.807, 2.05) is 0 Å². The van der Waals surface area contributed by atoms with Crippen LogP contribution in [0.25, 0.3) is 0 Å². The summed E-state index contributed by atoms with van der Waals surface area (Å²) in [5.41, 5.74) is 4.79. The van der Waals surface area contributed by atoms with Crippen molar-refractivity contribution in [3.05, 3.63) is 22.1 Å². The molecule has 1 aromatic rings. The van der Waals surface area contributed by atoms with E-state index in [4.69, 9.17) is 15.6 Å². The number of aromatic nitrogens is 2. The monoisotopic (exact) mass is 279 g/mol. The Hall–Kier alpha value is -1.19. The van der Waals surface area contributed by atoms with Crippen LogP contribution in [0.2, 0.25) is 0 Å². The van der Waals surface area contributed by atoms with Gasteiger partial charge in [-0.05, 0) is 0 Å². The normalized spacial score (nSPS) is 31.1. The zero-order chi connectivity index (χ0) is 12.6. The highest BCUT2D eigenvalue weighted by molar-refractivity contribution is 5.85. The van der Waals surface area contributed by atoms with Crippen LogP contribution in [-0.4, -0.2) is 50.2 Å². The summed E-state index contributed by atoms with van der Waals surface area (Å²) in [7, 11) is 0. The number of aromatic amines is 1. The number of nitrogen functional groups attached to an aromatic ring is 1. The van der Waals surface area contributed by atoms with E-state index in [0.29, 0.717) is 0 Å². The zero-order valence-corrected chi connectivity index (χ0v) is 10.0. The quantitative estimate of drug-likeness (QED) is 0.418. The summed E-state index contributed by atoms with van der Waals surface area (Å²) >= 11 is 0. The predicted molar refractivity (Wildman–Crippen MR) is 63.2 cm³/mol. The van der Waals surface area contributed by atoms with Gasteiger partial charge in [0.1, 0.15) is 24.4 Å². The molecule has 1 aliphatic rings. The fourth-order valence-electron chi connectivity index (χ4n) is 1.78. The first-order valence-corrected chi connectivity index (χ1v) is 5.01. The maximum Gasteiger partial charge on any atom is 0.258 e. The first-order valence-electron chi connectivity index (χ1n) is 5.01. The third kappa shape index (κ3) is 2.47. The van der Waals surface area contributed by atoms with Crippen molar-refractivity contribution in [3.8, 4) is 0 Å². The first kappa shape index (κ1) is 14.9. The molecule has 18 heavy (non-hydrogen) atoms. The van der Waals surface area contributed by atoms with Crippen molar-refractivity contribution < 1.29 is 20.1 Å². The van der Waals surface area contributed by atoms with E-state index in [2.05, 4.69) is 9.97 Å². The van der Waals surface area contributed by atoms with Gasteiger partial charge in [0.05, 0.1) is 12.2 Å². The van der Waals surface area contributed by atoms with Crippen LogP contribution in [0.15, 0.2) is 11.0 Å². The molecule has 1 fully saturated rings. The van der Waals surface area contributed by atoms with E-state index in [1.165, 1.54) is 6.20 Å². The van der Waals surface area contributed by atoms with Gasteiger partial charge in [-0.2, -0.15) is 0 Å². The highest BCUT2D eigenvalue weighted by Gasteiger charge is 2.44. The standard InChI is InChI=1S/C9H13N3O5.ClH/c10-9-11-1-3(8(16)12-9)7-6(15)5(14)4(2-13)17-7;/h1,4-7,13-15H,2H2,(H3,10,11,12,16);1H/t4-,5-,6-,7+;/m1./s1. The lowest BCUT2D eigenvalue weighted by molar-refractivity contribution is -0.0232. The number of aliphatic hydroxyl groups is 3. The second-order valence-electron chi connectivity index (χ2n) is 3.81. The number of halogens is 1. The molecule has 0 radical (unpaired) electrons. The van der Waals surface area contributed by atoms with Crippen molar-refractivity contribution in [3.63, 3.8) is 0 Å². The van der Waals surface area contributed by atoms with Crippen LogP contribution < -0.4 is 11.3 Å². The Kier molecular flexibility index (Phi) is 4.65. The molecule has 8 nitrogen and oxygen atoms in total. The van der Waals surface area contributed by atoms with E-state index in [-0.39, 0.29) is 23.9 Å². The number of anilines is 1. The number of nitrogens with one attached hydrogen (secondary N) is 1. The van der Waals surface area contributed by atoms with Crippen molar-refractivity contribution in [1.82, 2.24) is 9.97 Å². The third-order valence-electron chi connectivity index (χ3n) is 2.70. The molecule has 1 aliphatic heterocycles. The van der Waals surface area contributed by atoms with Gasteiger partial charge in [0.25, 0.3) is 5.56 Å². The molecule has 0 unspecified atom stereocenters.